The molecule has 0 aromatic carbocycles. The van der Waals surface area contributed by atoms with Crippen molar-refractivity contribution in [2.24, 2.45) is 5.73 Å². The van der Waals surface area contributed by atoms with Gasteiger partial charge in [-0.15, -0.1) is 0 Å². The molecule has 1 aromatic heterocycles. The van der Waals surface area contributed by atoms with Crippen molar-refractivity contribution in [1.82, 2.24) is 4.98 Å². The van der Waals surface area contributed by atoms with Gasteiger partial charge >= 0.3 is 0 Å². The van der Waals surface area contributed by atoms with Gasteiger partial charge in [-0.05, 0) is 24.4 Å². The molecule has 0 atom stereocenters. The average molecular weight is 171 g/mol. The molecule has 0 saturated heterocycles. The van der Waals surface area contributed by atoms with Gasteiger partial charge in [0.25, 0.3) is 0 Å². The van der Waals surface area contributed by atoms with Crippen LogP contribution in [0, 0.1) is 5.95 Å². The first-order chi connectivity index (χ1) is 5.18. The van der Waals surface area contributed by atoms with E-state index in [0.717, 1.165) is 0 Å². The Kier molecular flexibility index (Phi) is 2.32. The smallest absolute Gasteiger partial charge is 0.212 e. The number of nitrogens with two attached hydrogens (primary N) is 1. The van der Waals surface area contributed by atoms with Crippen molar-refractivity contribution >= 4 is 23.0 Å². The Hall–Kier alpha value is -1.23. The largest absolute Gasteiger partial charge is 0.376 e. The first-order valence-electron chi connectivity index (χ1n) is 2.86. The molecule has 5 heteroatoms. The van der Waals surface area contributed by atoms with E-state index in [1.165, 1.54) is 18.3 Å². The highest BCUT2D eigenvalue weighted by atomic mass is 32.1. The fraction of sp³-hybridized carbons (Fsp3) is 0. The van der Waals surface area contributed by atoms with E-state index >= 15 is 0 Å². The minimum atomic E-state index is -0.529. The molecule has 0 amide bonds. The van der Waals surface area contributed by atoms with E-state index in [9.17, 15) is 4.39 Å². The zero-order chi connectivity index (χ0) is 8.27. The second-order valence-corrected chi connectivity index (χ2v) is 2.30. The summed E-state index contributed by atoms with van der Waals surface area (Å²) in [6.07, 6.45) is 1.31. The number of pyridine rings is 1. The number of halogens is 1. The normalized spacial score (nSPS) is 9.18. The minimum absolute atomic E-state index is 0.137. The molecular formula is C6H6FN3S. The topological polar surface area (TPSA) is 50.9 Å². The maximum Gasteiger partial charge on any atom is 0.212 e. The molecule has 3 nitrogen and oxygen atoms in total. The molecular weight excluding hydrogens is 165 g/mol. The number of rotatable bonds is 1. The van der Waals surface area contributed by atoms with E-state index in [4.69, 9.17) is 5.73 Å². The second kappa shape index (κ2) is 3.25. The van der Waals surface area contributed by atoms with Gasteiger partial charge in [-0.25, -0.2) is 4.98 Å². The maximum absolute atomic E-state index is 12.2. The van der Waals surface area contributed by atoms with Gasteiger partial charge in [0.15, 0.2) is 5.11 Å². The Bertz CT molecular complexity index is 259. The monoisotopic (exact) mass is 171 g/mol. The Morgan fingerprint density at radius 1 is 1.64 bits per heavy atom. The zero-order valence-electron chi connectivity index (χ0n) is 5.54. The summed E-state index contributed by atoms with van der Waals surface area (Å²) in [6.45, 7) is 0. The molecule has 0 radical (unpaired) electrons. The number of hydrogen-bond acceptors (Lipinski definition) is 2. The molecule has 1 heterocycles. The van der Waals surface area contributed by atoms with Gasteiger partial charge < -0.3 is 11.1 Å². The summed E-state index contributed by atoms with van der Waals surface area (Å²) < 4.78 is 12.2. The number of nitrogens with zero attached hydrogens (tertiary/aromatic N) is 1. The third kappa shape index (κ3) is 2.46. The third-order valence-electron chi connectivity index (χ3n) is 0.995. The molecule has 0 spiro atoms. The first-order valence-corrected chi connectivity index (χ1v) is 3.27. The molecule has 0 aliphatic rings. The summed E-state index contributed by atoms with van der Waals surface area (Å²) in [5.41, 5.74) is 5.74. The summed E-state index contributed by atoms with van der Waals surface area (Å²) in [5, 5.41) is 2.75. The van der Waals surface area contributed by atoms with E-state index < -0.39 is 5.95 Å². The van der Waals surface area contributed by atoms with Gasteiger partial charge in [-0.1, -0.05) is 0 Å². The third-order valence-corrected chi connectivity index (χ3v) is 1.10. The summed E-state index contributed by atoms with van der Waals surface area (Å²) in [5.74, 6) is -0.529. The predicted octanol–water partition coefficient (Wildman–Crippen LogP) is 0.876. The van der Waals surface area contributed by atoms with Crippen molar-refractivity contribution in [2.45, 2.75) is 0 Å². The lowest BCUT2D eigenvalue weighted by Gasteiger charge is -2.00. The number of nitrogens with one attached hydrogen (secondary N) is 1. The maximum atomic E-state index is 12.2. The second-order valence-electron chi connectivity index (χ2n) is 1.86. The molecule has 1 rings (SSSR count). The summed E-state index contributed by atoms with van der Waals surface area (Å²) in [7, 11) is 0. The molecule has 11 heavy (non-hydrogen) atoms. The average Bonchev–Trinajstić information content (AvgIpc) is 1.93. The highest BCUT2D eigenvalue weighted by Crippen LogP contribution is 2.03. The van der Waals surface area contributed by atoms with Crippen molar-refractivity contribution in [3.63, 3.8) is 0 Å². The van der Waals surface area contributed by atoms with Crippen molar-refractivity contribution in [2.75, 3.05) is 5.32 Å². The predicted molar refractivity (Wildman–Crippen MR) is 44.6 cm³/mol. The number of aromatic nitrogens is 1. The minimum Gasteiger partial charge on any atom is -0.376 e. The Balaban J connectivity index is 2.74. The standard InChI is InChI=1S/C6H6FN3S/c7-5-2-1-4(3-9-5)10-6(8)11/h1-3H,(H3,8,10,11). The van der Waals surface area contributed by atoms with E-state index in [0.29, 0.717) is 5.69 Å². The fourth-order valence-electron chi connectivity index (χ4n) is 0.592. The van der Waals surface area contributed by atoms with E-state index in [1.54, 1.807) is 0 Å². The molecule has 3 N–H and O–H groups in total. The Morgan fingerprint density at radius 2 is 2.36 bits per heavy atom. The van der Waals surface area contributed by atoms with Crippen molar-refractivity contribution in [1.29, 1.82) is 0 Å². The van der Waals surface area contributed by atoms with Crippen LogP contribution in [0.2, 0.25) is 0 Å². The number of thiocarbonyl (C=S) groups is 1. The Labute approximate surface area is 68.4 Å². The van der Waals surface area contributed by atoms with Crippen LogP contribution >= 0.6 is 12.2 Å². The molecule has 0 saturated carbocycles. The lowest BCUT2D eigenvalue weighted by Crippen LogP contribution is -2.18. The lowest BCUT2D eigenvalue weighted by atomic mass is 10.4. The molecule has 0 bridgehead atoms. The van der Waals surface area contributed by atoms with Crippen LogP contribution in [-0.2, 0) is 0 Å². The summed E-state index contributed by atoms with van der Waals surface area (Å²) in [4.78, 5) is 3.39. The van der Waals surface area contributed by atoms with Crippen molar-refractivity contribution < 1.29 is 4.39 Å². The van der Waals surface area contributed by atoms with E-state index in [1.807, 2.05) is 0 Å². The van der Waals surface area contributed by atoms with Gasteiger partial charge in [0.1, 0.15) is 0 Å². The summed E-state index contributed by atoms with van der Waals surface area (Å²) in [6, 6.07) is 2.72. The van der Waals surface area contributed by atoms with Gasteiger partial charge in [0.2, 0.25) is 5.95 Å². The summed E-state index contributed by atoms with van der Waals surface area (Å²) >= 11 is 4.56. The Morgan fingerprint density at radius 3 is 2.82 bits per heavy atom. The molecule has 58 valence electrons. The van der Waals surface area contributed by atoms with Crippen LogP contribution in [0.5, 0.6) is 0 Å². The van der Waals surface area contributed by atoms with Crippen molar-refractivity contribution in [3.8, 4) is 0 Å². The van der Waals surface area contributed by atoms with Crippen LogP contribution in [-0.4, -0.2) is 10.1 Å². The van der Waals surface area contributed by atoms with Crippen molar-refractivity contribution in [3.05, 3.63) is 24.3 Å². The zero-order valence-corrected chi connectivity index (χ0v) is 6.36. The molecule has 1 aromatic rings. The van der Waals surface area contributed by atoms with Crippen LogP contribution in [0.15, 0.2) is 18.3 Å². The number of anilines is 1. The highest BCUT2D eigenvalue weighted by molar-refractivity contribution is 7.80. The molecule has 0 fully saturated rings. The SMILES string of the molecule is NC(=S)Nc1ccc(F)nc1. The van der Waals surface area contributed by atoms with Crippen LogP contribution in [0.1, 0.15) is 0 Å². The lowest BCUT2D eigenvalue weighted by molar-refractivity contribution is 0.584. The van der Waals surface area contributed by atoms with E-state index in [2.05, 4.69) is 22.5 Å². The van der Waals surface area contributed by atoms with Crippen LogP contribution in [0.4, 0.5) is 10.1 Å². The first kappa shape index (κ1) is 7.87. The quantitative estimate of drug-likeness (QED) is 0.486. The molecule has 0 aliphatic carbocycles. The van der Waals surface area contributed by atoms with Crippen LogP contribution in [0.25, 0.3) is 0 Å². The fourth-order valence-corrected chi connectivity index (χ4v) is 0.710. The van der Waals surface area contributed by atoms with E-state index in [-0.39, 0.29) is 5.11 Å². The van der Waals surface area contributed by atoms with Crippen LogP contribution in [0.3, 0.4) is 0 Å². The number of hydrogen-bond donors (Lipinski definition) is 2. The van der Waals surface area contributed by atoms with Gasteiger partial charge in [0, 0.05) is 0 Å². The van der Waals surface area contributed by atoms with Gasteiger partial charge in [-0.3, -0.25) is 0 Å². The highest BCUT2D eigenvalue weighted by Gasteiger charge is 1.93. The van der Waals surface area contributed by atoms with Crippen LogP contribution < -0.4 is 11.1 Å². The molecule has 0 unspecified atom stereocenters. The molecule has 0 aliphatic heterocycles. The van der Waals surface area contributed by atoms with Gasteiger partial charge in [0.05, 0.1) is 11.9 Å². The van der Waals surface area contributed by atoms with Gasteiger partial charge in [-0.2, -0.15) is 4.39 Å².